The van der Waals surface area contributed by atoms with Gasteiger partial charge in [-0.05, 0) is 57.2 Å². The Labute approximate surface area is 164 Å². The number of hydrogen-bond acceptors (Lipinski definition) is 2. The monoisotopic (exact) mass is 369 g/mol. The van der Waals surface area contributed by atoms with Gasteiger partial charge >= 0.3 is 6.03 Å². The van der Waals surface area contributed by atoms with E-state index >= 15 is 0 Å². The summed E-state index contributed by atoms with van der Waals surface area (Å²) in [6, 6.07) is 10.9. The quantitative estimate of drug-likeness (QED) is 0.779. The molecule has 0 unspecified atom stereocenters. The molecule has 1 saturated heterocycles. The van der Waals surface area contributed by atoms with Crippen LogP contribution in [0.15, 0.2) is 35.9 Å². The predicted molar refractivity (Wildman–Crippen MR) is 113 cm³/mol. The highest BCUT2D eigenvalue weighted by atomic mass is 16.2. The SMILES string of the molecule is C/C(=C\c1ccccc1)CN(CC1CCNCC1)C(=O)NC1CCCCC1. The van der Waals surface area contributed by atoms with Gasteiger partial charge in [-0.3, -0.25) is 0 Å². The van der Waals surface area contributed by atoms with Crippen LogP contribution in [-0.2, 0) is 0 Å². The highest BCUT2D eigenvalue weighted by molar-refractivity contribution is 5.75. The van der Waals surface area contributed by atoms with Crippen LogP contribution in [0.5, 0.6) is 0 Å². The summed E-state index contributed by atoms with van der Waals surface area (Å²) in [7, 11) is 0. The number of nitrogens with one attached hydrogen (secondary N) is 2. The van der Waals surface area contributed by atoms with Crippen LogP contribution in [0.25, 0.3) is 6.08 Å². The van der Waals surface area contributed by atoms with Crippen LogP contribution in [0.4, 0.5) is 4.79 Å². The second-order valence-corrected chi connectivity index (χ2v) is 8.26. The molecule has 1 aromatic carbocycles. The lowest BCUT2D eigenvalue weighted by atomic mass is 9.95. The molecule has 2 aliphatic rings. The van der Waals surface area contributed by atoms with Gasteiger partial charge in [-0.1, -0.05) is 61.2 Å². The lowest BCUT2D eigenvalue weighted by Crippen LogP contribution is -2.48. The van der Waals surface area contributed by atoms with Crippen LogP contribution < -0.4 is 10.6 Å². The van der Waals surface area contributed by atoms with Gasteiger partial charge in [0, 0.05) is 19.1 Å². The molecule has 1 heterocycles. The summed E-state index contributed by atoms with van der Waals surface area (Å²) in [5, 5.41) is 6.75. The maximum Gasteiger partial charge on any atom is 0.317 e. The van der Waals surface area contributed by atoms with Crippen molar-refractivity contribution in [1.29, 1.82) is 0 Å². The number of amides is 2. The summed E-state index contributed by atoms with van der Waals surface area (Å²) < 4.78 is 0. The number of carbonyl (C=O) groups excluding carboxylic acids is 1. The van der Waals surface area contributed by atoms with Crippen molar-refractivity contribution in [2.24, 2.45) is 5.92 Å². The third-order valence-corrected chi connectivity index (χ3v) is 5.81. The lowest BCUT2D eigenvalue weighted by Gasteiger charge is -2.32. The standard InChI is InChI=1S/C23H35N3O/c1-19(16-20-8-4-2-5-9-20)17-26(18-21-12-14-24-15-13-21)23(27)25-22-10-6-3-7-11-22/h2,4-5,8-9,16,21-22,24H,3,6-7,10-15,17-18H2,1H3,(H,25,27)/b19-16+. The molecule has 0 atom stereocenters. The van der Waals surface area contributed by atoms with Crippen molar-refractivity contribution in [3.63, 3.8) is 0 Å². The number of hydrogen-bond donors (Lipinski definition) is 2. The Bertz CT molecular complexity index is 601. The fraction of sp³-hybridized carbons (Fsp3) is 0.609. The summed E-state index contributed by atoms with van der Waals surface area (Å²) in [6.45, 7) is 5.84. The summed E-state index contributed by atoms with van der Waals surface area (Å²) in [5.74, 6) is 0.605. The van der Waals surface area contributed by atoms with E-state index in [1.807, 2.05) is 6.07 Å². The van der Waals surface area contributed by atoms with Crippen LogP contribution in [0, 0.1) is 5.92 Å². The van der Waals surface area contributed by atoms with E-state index in [2.05, 4.69) is 52.8 Å². The number of urea groups is 1. The maximum atomic E-state index is 13.0. The van der Waals surface area contributed by atoms with E-state index in [1.165, 1.54) is 30.4 Å². The van der Waals surface area contributed by atoms with Gasteiger partial charge in [0.15, 0.2) is 0 Å². The van der Waals surface area contributed by atoms with Crippen molar-refractivity contribution in [2.45, 2.75) is 57.9 Å². The Morgan fingerprint density at radius 2 is 1.81 bits per heavy atom. The molecule has 27 heavy (non-hydrogen) atoms. The zero-order chi connectivity index (χ0) is 18.9. The van der Waals surface area contributed by atoms with Crippen LogP contribution in [0.3, 0.4) is 0 Å². The molecule has 1 aliphatic heterocycles. The lowest BCUT2D eigenvalue weighted by molar-refractivity contribution is 0.178. The Morgan fingerprint density at radius 3 is 2.52 bits per heavy atom. The Morgan fingerprint density at radius 1 is 1.11 bits per heavy atom. The smallest absolute Gasteiger partial charge is 0.317 e. The molecule has 0 radical (unpaired) electrons. The van der Waals surface area contributed by atoms with Crippen LogP contribution >= 0.6 is 0 Å². The van der Waals surface area contributed by atoms with E-state index in [9.17, 15) is 4.79 Å². The van der Waals surface area contributed by atoms with Crippen molar-refractivity contribution in [3.8, 4) is 0 Å². The number of nitrogens with zero attached hydrogens (tertiary/aromatic N) is 1. The molecule has 2 amide bonds. The van der Waals surface area contributed by atoms with Crippen molar-refractivity contribution in [3.05, 3.63) is 41.5 Å². The highest BCUT2D eigenvalue weighted by Crippen LogP contribution is 2.19. The van der Waals surface area contributed by atoms with Crippen molar-refractivity contribution in [2.75, 3.05) is 26.2 Å². The molecule has 2 N–H and O–H groups in total. The molecule has 148 valence electrons. The van der Waals surface area contributed by atoms with Gasteiger partial charge < -0.3 is 15.5 Å². The molecule has 2 fully saturated rings. The van der Waals surface area contributed by atoms with Crippen molar-refractivity contribution < 1.29 is 4.79 Å². The van der Waals surface area contributed by atoms with E-state index in [4.69, 9.17) is 0 Å². The van der Waals surface area contributed by atoms with Crippen LogP contribution in [0.1, 0.15) is 57.4 Å². The molecule has 1 aromatic rings. The minimum Gasteiger partial charge on any atom is -0.335 e. The van der Waals surface area contributed by atoms with Crippen molar-refractivity contribution >= 4 is 12.1 Å². The second kappa shape index (κ2) is 10.5. The Balaban J connectivity index is 1.64. The summed E-state index contributed by atoms with van der Waals surface area (Å²) in [6.07, 6.45) is 10.6. The molecule has 1 aliphatic carbocycles. The van der Waals surface area contributed by atoms with Crippen LogP contribution in [0.2, 0.25) is 0 Å². The molecule has 0 aromatic heterocycles. The predicted octanol–water partition coefficient (Wildman–Crippen LogP) is 4.43. The average Bonchev–Trinajstić information content (AvgIpc) is 2.70. The third kappa shape index (κ3) is 6.69. The summed E-state index contributed by atoms with van der Waals surface area (Å²) >= 11 is 0. The molecule has 4 nitrogen and oxygen atoms in total. The minimum absolute atomic E-state index is 0.126. The first-order chi connectivity index (χ1) is 13.2. The van der Waals surface area contributed by atoms with Crippen LogP contribution in [-0.4, -0.2) is 43.2 Å². The van der Waals surface area contributed by atoms with Gasteiger partial charge in [0.05, 0.1) is 0 Å². The molecule has 0 spiro atoms. The van der Waals surface area contributed by atoms with E-state index in [1.54, 1.807) is 0 Å². The van der Waals surface area contributed by atoms with Gasteiger partial charge in [0.1, 0.15) is 0 Å². The largest absolute Gasteiger partial charge is 0.335 e. The normalized spacial score (nSPS) is 19.7. The number of benzene rings is 1. The van der Waals surface area contributed by atoms with E-state index < -0.39 is 0 Å². The van der Waals surface area contributed by atoms with E-state index in [0.29, 0.717) is 18.5 Å². The molecule has 0 bridgehead atoms. The molecule has 3 rings (SSSR count). The fourth-order valence-corrected chi connectivity index (χ4v) is 4.29. The summed E-state index contributed by atoms with van der Waals surface area (Å²) in [5.41, 5.74) is 2.43. The zero-order valence-electron chi connectivity index (χ0n) is 16.8. The fourth-order valence-electron chi connectivity index (χ4n) is 4.29. The van der Waals surface area contributed by atoms with E-state index in [-0.39, 0.29) is 6.03 Å². The highest BCUT2D eigenvalue weighted by Gasteiger charge is 2.23. The summed E-state index contributed by atoms with van der Waals surface area (Å²) in [4.78, 5) is 15.1. The first-order valence-corrected chi connectivity index (χ1v) is 10.7. The van der Waals surface area contributed by atoms with Gasteiger partial charge in [-0.25, -0.2) is 4.79 Å². The average molecular weight is 370 g/mol. The molecular formula is C23H35N3O. The first-order valence-electron chi connectivity index (χ1n) is 10.7. The maximum absolute atomic E-state index is 13.0. The number of piperidine rings is 1. The van der Waals surface area contributed by atoms with Gasteiger partial charge in [-0.2, -0.15) is 0 Å². The second-order valence-electron chi connectivity index (χ2n) is 8.26. The molecular weight excluding hydrogens is 334 g/mol. The van der Waals surface area contributed by atoms with Crippen molar-refractivity contribution in [1.82, 2.24) is 15.5 Å². The van der Waals surface area contributed by atoms with Gasteiger partial charge in [-0.15, -0.1) is 0 Å². The molecule has 1 saturated carbocycles. The van der Waals surface area contributed by atoms with E-state index in [0.717, 1.165) is 45.3 Å². The Kier molecular flexibility index (Phi) is 7.76. The molecule has 4 heteroatoms. The number of rotatable bonds is 6. The minimum atomic E-state index is 0.126. The van der Waals surface area contributed by atoms with Gasteiger partial charge in [0.25, 0.3) is 0 Å². The number of carbonyl (C=O) groups is 1. The topological polar surface area (TPSA) is 44.4 Å². The Hall–Kier alpha value is -1.81. The third-order valence-electron chi connectivity index (χ3n) is 5.81. The van der Waals surface area contributed by atoms with Gasteiger partial charge in [0.2, 0.25) is 0 Å². The first kappa shape index (κ1) is 19.9. The zero-order valence-corrected chi connectivity index (χ0v) is 16.8.